The topological polar surface area (TPSA) is 29.6 Å². The standard InChI is InChI=1S/C5HF7O2/c6-1(7)3(5(10,11)12)4(9,14-3)2(8)13/h1H. The number of hydrogen-bond donors (Lipinski definition) is 0. The van der Waals surface area contributed by atoms with Crippen LogP contribution in [0.2, 0.25) is 0 Å². The maximum atomic E-state index is 12.5. The lowest BCUT2D eigenvalue weighted by molar-refractivity contribution is -0.219. The summed E-state index contributed by atoms with van der Waals surface area (Å²) in [5, 5.41) is 0. The van der Waals surface area contributed by atoms with Crippen LogP contribution in [-0.4, -0.2) is 30.1 Å². The Morgan fingerprint density at radius 1 is 1.29 bits per heavy atom. The number of rotatable bonds is 2. The summed E-state index contributed by atoms with van der Waals surface area (Å²) in [5.74, 6) is -4.61. The summed E-state index contributed by atoms with van der Waals surface area (Å²) >= 11 is 0. The van der Waals surface area contributed by atoms with Gasteiger partial charge in [0.1, 0.15) is 0 Å². The first kappa shape index (κ1) is 11.2. The molecule has 0 amide bonds. The molecule has 82 valence electrons. The molecule has 0 spiro atoms. The Balaban J connectivity index is 3.10. The van der Waals surface area contributed by atoms with E-state index in [4.69, 9.17) is 0 Å². The van der Waals surface area contributed by atoms with Crippen molar-refractivity contribution < 1.29 is 40.3 Å². The van der Waals surface area contributed by atoms with E-state index in [1.165, 1.54) is 0 Å². The average Bonchev–Trinajstić information content (AvgIpc) is 2.58. The normalized spacial score (nSPS) is 37.4. The Hall–Kier alpha value is -0.860. The van der Waals surface area contributed by atoms with E-state index in [0.29, 0.717) is 0 Å². The predicted octanol–water partition coefficient (Wildman–Crippen LogP) is 1.74. The van der Waals surface area contributed by atoms with Crippen LogP contribution in [0.1, 0.15) is 0 Å². The van der Waals surface area contributed by atoms with Crippen molar-refractivity contribution in [2.75, 3.05) is 0 Å². The van der Waals surface area contributed by atoms with Crippen molar-refractivity contribution in [2.45, 2.75) is 24.1 Å². The number of alkyl halides is 6. The first-order valence-electron chi connectivity index (χ1n) is 3.03. The molecular formula is C5HF7O2. The van der Waals surface area contributed by atoms with Gasteiger partial charge < -0.3 is 4.74 Å². The van der Waals surface area contributed by atoms with Crippen LogP contribution in [0.15, 0.2) is 0 Å². The van der Waals surface area contributed by atoms with E-state index in [2.05, 4.69) is 4.74 Å². The van der Waals surface area contributed by atoms with E-state index in [1.54, 1.807) is 0 Å². The van der Waals surface area contributed by atoms with Gasteiger partial charge in [0.2, 0.25) is 0 Å². The van der Waals surface area contributed by atoms with Crippen molar-refractivity contribution in [3.05, 3.63) is 0 Å². The van der Waals surface area contributed by atoms with Gasteiger partial charge in [-0.3, -0.25) is 4.79 Å². The van der Waals surface area contributed by atoms with Crippen LogP contribution in [0.5, 0.6) is 0 Å². The van der Waals surface area contributed by atoms with Crippen LogP contribution in [0, 0.1) is 0 Å². The fraction of sp³-hybridized carbons (Fsp3) is 0.800. The maximum absolute atomic E-state index is 12.5. The molecule has 0 radical (unpaired) electrons. The minimum atomic E-state index is -5.86. The van der Waals surface area contributed by atoms with Crippen LogP contribution in [0.25, 0.3) is 0 Å². The highest BCUT2D eigenvalue weighted by molar-refractivity contribution is 5.82. The summed E-state index contributed by atoms with van der Waals surface area (Å²) in [6.45, 7) is 0. The quantitative estimate of drug-likeness (QED) is 0.407. The number of halogens is 7. The second-order valence-corrected chi connectivity index (χ2v) is 2.51. The van der Waals surface area contributed by atoms with Gasteiger partial charge >= 0.3 is 18.1 Å². The number of ether oxygens (including phenoxy) is 1. The van der Waals surface area contributed by atoms with Gasteiger partial charge in [-0.05, 0) is 0 Å². The summed E-state index contributed by atoms with van der Waals surface area (Å²) in [6.07, 6.45) is -10.2. The molecule has 1 rings (SSSR count). The SMILES string of the molecule is O=C(F)C1(F)OC1(C(F)F)C(F)(F)F. The molecule has 2 nitrogen and oxygen atoms in total. The lowest BCUT2D eigenvalue weighted by Crippen LogP contribution is -2.46. The van der Waals surface area contributed by atoms with E-state index in [0.717, 1.165) is 0 Å². The van der Waals surface area contributed by atoms with E-state index >= 15 is 0 Å². The molecule has 0 aromatic rings. The molecule has 1 heterocycles. The van der Waals surface area contributed by atoms with Crippen LogP contribution in [0.4, 0.5) is 30.7 Å². The zero-order chi connectivity index (χ0) is 11.4. The molecular weight excluding hydrogens is 225 g/mol. The molecule has 0 bridgehead atoms. The molecule has 0 N–H and O–H groups in total. The van der Waals surface area contributed by atoms with Gasteiger partial charge in [0.25, 0.3) is 12.0 Å². The number of carbonyl (C=O) groups excluding carboxylic acids is 1. The third-order valence-corrected chi connectivity index (χ3v) is 1.72. The minimum absolute atomic E-state index is 2.91. The Labute approximate surface area is 71.6 Å². The van der Waals surface area contributed by atoms with Crippen molar-refractivity contribution in [2.24, 2.45) is 0 Å². The van der Waals surface area contributed by atoms with Gasteiger partial charge in [-0.1, -0.05) is 0 Å². The third kappa shape index (κ3) is 1.04. The second kappa shape index (κ2) is 2.59. The van der Waals surface area contributed by atoms with Crippen LogP contribution >= 0.6 is 0 Å². The molecule has 0 aromatic carbocycles. The van der Waals surface area contributed by atoms with Crippen molar-refractivity contribution in [1.82, 2.24) is 0 Å². The molecule has 2 unspecified atom stereocenters. The Bertz CT molecular complexity index is 274. The maximum Gasteiger partial charge on any atom is 0.429 e. The monoisotopic (exact) mass is 226 g/mol. The molecule has 1 saturated heterocycles. The lowest BCUT2D eigenvalue weighted by Gasteiger charge is -2.14. The fourth-order valence-electron chi connectivity index (χ4n) is 0.931. The Kier molecular flexibility index (Phi) is 2.07. The Morgan fingerprint density at radius 2 is 1.71 bits per heavy atom. The fourth-order valence-corrected chi connectivity index (χ4v) is 0.931. The van der Waals surface area contributed by atoms with E-state index in [9.17, 15) is 35.5 Å². The van der Waals surface area contributed by atoms with Gasteiger partial charge in [-0.25, -0.2) is 8.78 Å². The summed E-state index contributed by atoms with van der Waals surface area (Å²) < 4.78 is 86.3. The van der Waals surface area contributed by atoms with Gasteiger partial charge in [0, 0.05) is 0 Å². The number of hydrogen-bond acceptors (Lipinski definition) is 2. The lowest BCUT2D eigenvalue weighted by atomic mass is 10.0. The summed E-state index contributed by atoms with van der Waals surface area (Å²) in [4.78, 5) is 9.69. The number of carbonyl (C=O) groups is 1. The van der Waals surface area contributed by atoms with Gasteiger partial charge in [0.15, 0.2) is 0 Å². The zero-order valence-electron chi connectivity index (χ0n) is 6.04. The van der Waals surface area contributed by atoms with Crippen LogP contribution in [-0.2, 0) is 9.53 Å². The zero-order valence-corrected chi connectivity index (χ0v) is 6.04. The molecule has 0 aliphatic carbocycles. The molecule has 14 heavy (non-hydrogen) atoms. The molecule has 1 aliphatic rings. The minimum Gasteiger partial charge on any atom is -0.307 e. The highest BCUT2D eigenvalue weighted by atomic mass is 19.4. The molecule has 9 heteroatoms. The van der Waals surface area contributed by atoms with Crippen molar-refractivity contribution in [1.29, 1.82) is 0 Å². The van der Waals surface area contributed by atoms with Crippen LogP contribution in [0.3, 0.4) is 0 Å². The average molecular weight is 226 g/mol. The van der Waals surface area contributed by atoms with Crippen molar-refractivity contribution in [3.63, 3.8) is 0 Å². The third-order valence-electron chi connectivity index (χ3n) is 1.72. The predicted molar refractivity (Wildman–Crippen MR) is 25.8 cm³/mol. The molecule has 2 atom stereocenters. The summed E-state index contributed by atoms with van der Waals surface area (Å²) in [5.41, 5.74) is -4.66. The van der Waals surface area contributed by atoms with E-state index in [-0.39, 0.29) is 0 Å². The number of epoxide rings is 1. The summed E-state index contributed by atoms with van der Waals surface area (Å²) in [7, 11) is 0. The molecule has 1 fully saturated rings. The first-order valence-corrected chi connectivity index (χ1v) is 3.03. The van der Waals surface area contributed by atoms with E-state index in [1.807, 2.05) is 0 Å². The highest BCUT2D eigenvalue weighted by Crippen LogP contribution is 2.62. The Morgan fingerprint density at radius 3 is 1.79 bits per heavy atom. The van der Waals surface area contributed by atoms with Crippen molar-refractivity contribution >= 4 is 6.04 Å². The van der Waals surface area contributed by atoms with Gasteiger partial charge in [-0.15, -0.1) is 0 Å². The van der Waals surface area contributed by atoms with Gasteiger partial charge in [0.05, 0.1) is 0 Å². The summed E-state index contributed by atoms with van der Waals surface area (Å²) in [6, 6.07) is -3.23. The van der Waals surface area contributed by atoms with Crippen LogP contribution < -0.4 is 0 Å². The van der Waals surface area contributed by atoms with E-state index < -0.39 is 30.1 Å². The second-order valence-electron chi connectivity index (χ2n) is 2.51. The van der Waals surface area contributed by atoms with Crippen molar-refractivity contribution in [3.8, 4) is 0 Å². The molecule has 0 aromatic heterocycles. The highest BCUT2D eigenvalue weighted by Gasteiger charge is 2.93. The molecule has 0 saturated carbocycles. The van der Waals surface area contributed by atoms with Gasteiger partial charge in [-0.2, -0.15) is 22.0 Å². The smallest absolute Gasteiger partial charge is 0.307 e. The molecule has 1 aliphatic heterocycles. The largest absolute Gasteiger partial charge is 0.429 e. The first-order chi connectivity index (χ1) is 6.09.